The lowest BCUT2D eigenvalue weighted by Gasteiger charge is -2.23. The molecule has 15 heavy (non-hydrogen) atoms. The van der Waals surface area contributed by atoms with Crippen LogP contribution >= 0.6 is 0 Å². The molecular weight excluding hydrogens is 198 g/mol. The molecule has 0 aromatic heterocycles. The van der Waals surface area contributed by atoms with Gasteiger partial charge in [-0.3, -0.25) is 4.79 Å². The number of nitrogens with one attached hydrogen (secondary N) is 1. The van der Waals surface area contributed by atoms with Crippen LogP contribution in [-0.4, -0.2) is 36.2 Å². The molecule has 0 aromatic carbocycles. The topological polar surface area (TPSA) is 75.6 Å². The van der Waals surface area contributed by atoms with E-state index in [1.807, 2.05) is 0 Å². The molecule has 86 valence electrons. The number of rotatable bonds is 4. The molecule has 5 nitrogen and oxygen atoms in total. The van der Waals surface area contributed by atoms with Crippen molar-refractivity contribution in [3.8, 4) is 0 Å². The maximum atomic E-state index is 11.6. The highest BCUT2D eigenvalue weighted by Crippen LogP contribution is 2.13. The van der Waals surface area contributed by atoms with Crippen molar-refractivity contribution < 1.29 is 19.4 Å². The van der Waals surface area contributed by atoms with E-state index >= 15 is 0 Å². The molecule has 0 spiro atoms. The third-order valence-electron chi connectivity index (χ3n) is 2.55. The van der Waals surface area contributed by atoms with E-state index in [0.717, 1.165) is 12.8 Å². The second-order valence-corrected chi connectivity index (χ2v) is 3.72. The summed E-state index contributed by atoms with van der Waals surface area (Å²) in [5.41, 5.74) is 0. The van der Waals surface area contributed by atoms with Gasteiger partial charge < -0.3 is 15.2 Å². The number of amides is 1. The van der Waals surface area contributed by atoms with Crippen molar-refractivity contribution in [2.75, 3.05) is 13.2 Å². The van der Waals surface area contributed by atoms with Crippen molar-refractivity contribution in [3.63, 3.8) is 0 Å². The fourth-order valence-electron chi connectivity index (χ4n) is 1.58. The van der Waals surface area contributed by atoms with Crippen LogP contribution in [0.1, 0.15) is 26.2 Å². The van der Waals surface area contributed by atoms with E-state index in [1.165, 1.54) is 0 Å². The van der Waals surface area contributed by atoms with Crippen molar-refractivity contribution in [3.05, 3.63) is 0 Å². The first kappa shape index (κ1) is 12.0. The minimum Gasteiger partial charge on any atom is -0.480 e. The number of carbonyl (C=O) groups excluding carboxylic acids is 1. The van der Waals surface area contributed by atoms with E-state index in [1.54, 1.807) is 6.92 Å². The Labute approximate surface area is 88.8 Å². The van der Waals surface area contributed by atoms with Gasteiger partial charge in [0.2, 0.25) is 5.91 Å². The van der Waals surface area contributed by atoms with Crippen molar-refractivity contribution in [1.82, 2.24) is 5.32 Å². The zero-order valence-corrected chi connectivity index (χ0v) is 8.86. The van der Waals surface area contributed by atoms with E-state index in [4.69, 9.17) is 9.84 Å². The molecular formula is C10H17NO4. The molecule has 1 aliphatic heterocycles. The molecule has 1 saturated heterocycles. The van der Waals surface area contributed by atoms with Gasteiger partial charge in [-0.15, -0.1) is 0 Å². The first-order valence-corrected chi connectivity index (χ1v) is 5.26. The lowest BCUT2D eigenvalue weighted by molar-refractivity contribution is -0.143. The van der Waals surface area contributed by atoms with Crippen LogP contribution in [0.4, 0.5) is 0 Å². The zero-order chi connectivity index (χ0) is 11.3. The summed E-state index contributed by atoms with van der Waals surface area (Å²) in [6.45, 7) is 2.83. The Morgan fingerprint density at radius 1 is 1.60 bits per heavy atom. The maximum absolute atomic E-state index is 11.6. The van der Waals surface area contributed by atoms with Crippen molar-refractivity contribution in [2.24, 2.45) is 5.92 Å². The van der Waals surface area contributed by atoms with Gasteiger partial charge in [0.1, 0.15) is 6.04 Å². The van der Waals surface area contributed by atoms with Gasteiger partial charge in [-0.25, -0.2) is 4.79 Å². The molecule has 0 saturated carbocycles. The smallest absolute Gasteiger partial charge is 0.326 e. The van der Waals surface area contributed by atoms with Gasteiger partial charge in [0.15, 0.2) is 0 Å². The number of carbonyl (C=O) groups is 2. The van der Waals surface area contributed by atoms with Crippen LogP contribution in [0.2, 0.25) is 0 Å². The lowest BCUT2D eigenvalue weighted by atomic mass is 10.0. The first-order valence-electron chi connectivity index (χ1n) is 5.26. The lowest BCUT2D eigenvalue weighted by Crippen LogP contribution is -2.45. The number of hydrogen-bond acceptors (Lipinski definition) is 3. The molecule has 1 rings (SSSR count). The predicted octanol–water partition coefficient (Wildman–Crippen LogP) is 0.392. The molecule has 0 aromatic rings. The summed E-state index contributed by atoms with van der Waals surface area (Å²) in [6.07, 6.45) is 2.04. The highest BCUT2D eigenvalue weighted by atomic mass is 16.5. The van der Waals surface area contributed by atoms with Gasteiger partial charge >= 0.3 is 5.97 Å². The first-order chi connectivity index (χ1) is 7.15. The van der Waals surface area contributed by atoms with Crippen molar-refractivity contribution >= 4 is 11.9 Å². The van der Waals surface area contributed by atoms with Gasteiger partial charge in [0, 0.05) is 6.61 Å². The number of carboxylic acids is 1. The second-order valence-electron chi connectivity index (χ2n) is 3.72. The van der Waals surface area contributed by atoms with E-state index in [0.29, 0.717) is 19.6 Å². The van der Waals surface area contributed by atoms with Gasteiger partial charge in [0.25, 0.3) is 0 Å². The molecule has 0 aliphatic carbocycles. The standard InChI is InChI=1S/C10H17NO4/c1-2-8(10(13)14)11-9(12)7-4-3-5-15-6-7/h7-8H,2-6H2,1H3,(H,11,12)(H,13,14)/t7?,8-/m0/s1. The van der Waals surface area contributed by atoms with Crippen LogP contribution in [0.3, 0.4) is 0 Å². The third kappa shape index (κ3) is 3.51. The van der Waals surface area contributed by atoms with Gasteiger partial charge in [-0.1, -0.05) is 6.92 Å². The van der Waals surface area contributed by atoms with Crippen LogP contribution in [0.15, 0.2) is 0 Å². The number of carboxylic acid groups (broad SMARTS) is 1. The third-order valence-corrected chi connectivity index (χ3v) is 2.55. The van der Waals surface area contributed by atoms with Gasteiger partial charge in [-0.05, 0) is 19.3 Å². The normalized spacial score (nSPS) is 23.1. The number of hydrogen-bond donors (Lipinski definition) is 2. The SMILES string of the molecule is CC[C@H](NC(=O)C1CCCOC1)C(=O)O. The molecule has 1 aliphatic rings. The number of aliphatic carboxylic acids is 1. The van der Waals surface area contributed by atoms with Crippen LogP contribution in [0.25, 0.3) is 0 Å². The van der Waals surface area contributed by atoms with E-state index < -0.39 is 12.0 Å². The summed E-state index contributed by atoms with van der Waals surface area (Å²) < 4.78 is 5.17. The van der Waals surface area contributed by atoms with Crippen LogP contribution in [-0.2, 0) is 14.3 Å². The zero-order valence-electron chi connectivity index (χ0n) is 8.86. The van der Waals surface area contributed by atoms with E-state index in [-0.39, 0.29) is 11.8 Å². The highest BCUT2D eigenvalue weighted by Gasteiger charge is 2.25. The quantitative estimate of drug-likeness (QED) is 0.711. The molecule has 5 heteroatoms. The average molecular weight is 215 g/mol. The molecule has 1 unspecified atom stereocenters. The molecule has 2 atom stereocenters. The van der Waals surface area contributed by atoms with E-state index in [9.17, 15) is 9.59 Å². The minimum absolute atomic E-state index is 0.188. The summed E-state index contributed by atoms with van der Waals surface area (Å²) in [5, 5.41) is 11.3. The second kappa shape index (κ2) is 5.70. The molecule has 2 N–H and O–H groups in total. The Kier molecular flexibility index (Phi) is 4.55. The molecule has 0 radical (unpaired) electrons. The monoisotopic (exact) mass is 215 g/mol. The molecule has 1 fully saturated rings. The molecule has 1 heterocycles. The molecule has 0 bridgehead atoms. The Morgan fingerprint density at radius 2 is 2.33 bits per heavy atom. The highest BCUT2D eigenvalue weighted by molar-refractivity contribution is 5.85. The Balaban J connectivity index is 2.42. The fourth-order valence-corrected chi connectivity index (χ4v) is 1.58. The largest absolute Gasteiger partial charge is 0.480 e. The van der Waals surface area contributed by atoms with Gasteiger partial charge in [0.05, 0.1) is 12.5 Å². The van der Waals surface area contributed by atoms with E-state index in [2.05, 4.69) is 5.32 Å². The van der Waals surface area contributed by atoms with Gasteiger partial charge in [-0.2, -0.15) is 0 Å². The summed E-state index contributed by atoms with van der Waals surface area (Å²) in [6, 6.07) is -0.778. The van der Waals surface area contributed by atoms with Crippen molar-refractivity contribution in [1.29, 1.82) is 0 Å². The summed E-state index contributed by atoms with van der Waals surface area (Å²) in [4.78, 5) is 22.3. The Morgan fingerprint density at radius 3 is 2.80 bits per heavy atom. The van der Waals surface area contributed by atoms with Crippen LogP contribution in [0, 0.1) is 5.92 Å². The fraction of sp³-hybridized carbons (Fsp3) is 0.800. The summed E-state index contributed by atoms with van der Waals surface area (Å²) in [5.74, 6) is -1.38. The van der Waals surface area contributed by atoms with Crippen molar-refractivity contribution in [2.45, 2.75) is 32.2 Å². The van der Waals surface area contributed by atoms with Crippen LogP contribution < -0.4 is 5.32 Å². The average Bonchev–Trinajstić information content (AvgIpc) is 2.26. The molecule has 1 amide bonds. The Hall–Kier alpha value is -1.10. The minimum atomic E-state index is -0.984. The maximum Gasteiger partial charge on any atom is 0.326 e. The Bertz CT molecular complexity index is 236. The number of ether oxygens (including phenoxy) is 1. The van der Waals surface area contributed by atoms with Crippen LogP contribution in [0.5, 0.6) is 0 Å². The summed E-state index contributed by atoms with van der Waals surface area (Å²) >= 11 is 0. The summed E-state index contributed by atoms with van der Waals surface area (Å²) in [7, 11) is 0. The predicted molar refractivity (Wildman–Crippen MR) is 53.4 cm³/mol.